The lowest BCUT2D eigenvalue weighted by Gasteiger charge is -2.24. The molecule has 0 radical (unpaired) electrons. The Hall–Kier alpha value is -1.14. The number of aromatic nitrogens is 2. The number of phosphoric ester groups is 1. The predicted octanol–water partition coefficient (Wildman–Crippen LogP) is -1.70. The molecule has 18 nitrogen and oxygen atoms in total. The van der Waals surface area contributed by atoms with Gasteiger partial charge in [0, 0.05) is 6.20 Å². The Labute approximate surface area is 169 Å². The van der Waals surface area contributed by atoms with Crippen LogP contribution in [0.1, 0.15) is 6.23 Å². The van der Waals surface area contributed by atoms with Gasteiger partial charge < -0.3 is 34.5 Å². The molecule has 2 rings (SSSR count). The summed E-state index contributed by atoms with van der Waals surface area (Å²) in [5.41, 5.74) is 0.357. The fourth-order valence-electron chi connectivity index (χ4n) is 2.23. The molecule has 1 fully saturated rings. The third-order valence-electron chi connectivity index (χ3n) is 3.43. The van der Waals surface area contributed by atoms with Crippen LogP contribution in [0.3, 0.4) is 0 Å². The average molecular weight is 517 g/mol. The number of rotatable bonds is 9. The molecule has 8 N–H and O–H groups in total. The molecule has 178 valence electrons. The molecular weight excluding hydrogens is 502 g/mol. The normalized spacial score (nSPS) is 30.5. The Bertz CT molecular complexity index is 1010. The second kappa shape index (κ2) is 9.01. The number of phosphoric acid groups is 3. The first-order valence-corrected chi connectivity index (χ1v) is 12.0. The van der Waals surface area contributed by atoms with E-state index in [1.165, 1.54) is 0 Å². The number of alkyl halides is 1. The highest BCUT2D eigenvalue weighted by Crippen LogP contribution is 2.66. The molecule has 6 atom stereocenters. The van der Waals surface area contributed by atoms with E-state index in [9.17, 15) is 38.0 Å². The van der Waals surface area contributed by atoms with Crippen molar-refractivity contribution < 1.29 is 71.0 Å². The molecule has 22 heteroatoms. The van der Waals surface area contributed by atoms with E-state index in [1.54, 1.807) is 5.48 Å². The van der Waals surface area contributed by atoms with Gasteiger partial charge >= 0.3 is 29.2 Å². The summed E-state index contributed by atoms with van der Waals surface area (Å²) in [6, 6.07) is 0.994. The fourth-order valence-corrected chi connectivity index (χ4v) is 5.27. The maximum atomic E-state index is 14.9. The lowest BCUT2D eigenvalue weighted by Crippen LogP contribution is -2.43. The van der Waals surface area contributed by atoms with E-state index >= 15 is 0 Å². The second-order valence-electron chi connectivity index (χ2n) is 5.71. The van der Waals surface area contributed by atoms with Crippen LogP contribution in [-0.4, -0.2) is 69.2 Å². The van der Waals surface area contributed by atoms with Crippen LogP contribution in [0.25, 0.3) is 0 Å². The average Bonchev–Trinajstić information content (AvgIpc) is 2.82. The summed E-state index contributed by atoms with van der Waals surface area (Å²) >= 11 is 0. The van der Waals surface area contributed by atoms with E-state index in [0.717, 1.165) is 12.3 Å². The van der Waals surface area contributed by atoms with Crippen molar-refractivity contribution in [3.63, 3.8) is 0 Å². The molecule has 31 heavy (non-hydrogen) atoms. The summed E-state index contributed by atoms with van der Waals surface area (Å²) < 4.78 is 64.4. The molecule has 1 saturated heterocycles. The molecule has 2 unspecified atom stereocenters. The molecule has 0 amide bonds. The zero-order valence-corrected chi connectivity index (χ0v) is 17.3. The summed E-state index contributed by atoms with van der Waals surface area (Å²) in [7, 11) is -17.3. The number of anilines is 1. The van der Waals surface area contributed by atoms with Crippen molar-refractivity contribution >= 4 is 29.3 Å². The molecule has 0 saturated carbocycles. The first-order chi connectivity index (χ1) is 14.0. The van der Waals surface area contributed by atoms with Crippen molar-refractivity contribution in [2.24, 2.45) is 0 Å². The SMILES string of the molecule is O=c1nc(NO)ccn1[C@@H]1O[C@](F)(COP(=O)(O)OP(=O)(O)OP(=O)(O)O)[C@@H](O)[C@H]1O. The van der Waals surface area contributed by atoms with E-state index < -0.39 is 60.1 Å². The number of ether oxygens (including phenoxy) is 1. The van der Waals surface area contributed by atoms with Crippen molar-refractivity contribution in [2.45, 2.75) is 24.3 Å². The minimum atomic E-state index is -5.88. The first-order valence-electron chi connectivity index (χ1n) is 7.49. The monoisotopic (exact) mass is 517 g/mol. The number of hydrogen-bond acceptors (Lipinski definition) is 13. The van der Waals surface area contributed by atoms with Gasteiger partial charge in [0.25, 0.3) is 5.85 Å². The maximum Gasteiger partial charge on any atom is 0.490 e. The predicted molar refractivity (Wildman–Crippen MR) is 89.7 cm³/mol. The first kappa shape index (κ1) is 26.1. The highest BCUT2D eigenvalue weighted by molar-refractivity contribution is 7.66. The van der Waals surface area contributed by atoms with Gasteiger partial charge in [0.2, 0.25) is 0 Å². The quantitative estimate of drug-likeness (QED) is 0.134. The number of aliphatic hydroxyl groups is 2. The van der Waals surface area contributed by atoms with Gasteiger partial charge in [-0.05, 0) is 6.07 Å². The Morgan fingerprint density at radius 3 is 2.32 bits per heavy atom. The number of halogens is 1. The Kier molecular flexibility index (Phi) is 7.59. The van der Waals surface area contributed by atoms with Gasteiger partial charge in [-0.3, -0.25) is 19.8 Å². The summed E-state index contributed by atoms with van der Waals surface area (Å²) in [6.45, 7) is -1.75. The van der Waals surface area contributed by atoms with Crippen LogP contribution in [0.15, 0.2) is 17.1 Å². The van der Waals surface area contributed by atoms with Crippen molar-refractivity contribution in [2.75, 3.05) is 12.1 Å². The number of aliphatic hydroxyl groups excluding tert-OH is 2. The Balaban J connectivity index is 2.14. The molecule has 0 aliphatic carbocycles. The Morgan fingerprint density at radius 2 is 1.81 bits per heavy atom. The van der Waals surface area contributed by atoms with E-state index in [-0.39, 0.29) is 5.82 Å². The van der Waals surface area contributed by atoms with Crippen LogP contribution >= 0.6 is 23.5 Å². The van der Waals surface area contributed by atoms with Gasteiger partial charge in [-0.25, -0.2) is 22.9 Å². The van der Waals surface area contributed by atoms with Gasteiger partial charge in [0.1, 0.15) is 18.8 Å². The van der Waals surface area contributed by atoms with Crippen LogP contribution in [-0.2, 0) is 31.6 Å². The highest BCUT2D eigenvalue weighted by Gasteiger charge is 2.57. The number of nitrogens with zero attached hydrogens (tertiary/aromatic N) is 2. The molecule has 1 aliphatic rings. The van der Waals surface area contributed by atoms with Crippen LogP contribution in [0, 0.1) is 0 Å². The Morgan fingerprint density at radius 1 is 1.19 bits per heavy atom. The van der Waals surface area contributed by atoms with Gasteiger partial charge in [0.05, 0.1) is 0 Å². The molecule has 1 aliphatic heterocycles. The molecule has 0 aromatic carbocycles. The molecule has 1 aromatic heterocycles. The van der Waals surface area contributed by atoms with Gasteiger partial charge in [0.15, 0.2) is 12.0 Å². The standard InChI is InChI=1S/C9H15FN3O15P3/c10-9(3-25-30(21,22)28-31(23,24)27-29(18,19)20)6(15)5(14)7(26-9)13-2-1-4(12-17)11-8(13)16/h1-2,5-7,14-15,17H,3H2,(H,21,22)(H,23,24)(H,11,12,16)(H2,18,19,20)/t5-,6+,7-,9-/m1/s1. The summed E-state index contributed by atoms with van der Waals surface area (Å²) in [5, 5.41) is 28.5. The lowest BCUT2D eigenvalue weighted by atomic mass is 10.1. The third kappa shape index (κ3) is 6.67. The van der Waals surface area contributed by atoms with E-state index in [4.69, 9.17) is 24.6 Å². The largest absolute Gasteiger partial charge is 0.490 e. The van der Waals surface area contributed by atoms with Crippen LogP contribution < -0.4 is 11.2 Å². The van der Waals surface area contributed by atoms with Crippen molar-refractivity contribution in [3.8, 4) is 0 Å². The van der Waals surface area contributed by atoms with Crippen molar-refractivity contribution in [3.05, 3.63) is 22.7 Å². The fraction of sp³-hybridized carbons (Fsp3) is 0.556. The van der Waals surface area contributed by atoms with E-state index in [0.29, 0.717) is 4.57 Å². The molecule has 1 aromatic rings. The summed E-state index contributed by atoms with van der Waals surface area (Å²) in [6.07, 6.45) is -5.74. The van der Waals surface area contributed by atoms with Crippen LogP contribution in [0.4, 0.5) is 10.2 Å². The number of nitrogens with one attached hydrogen (secondary N) is 1. The maximum absolute atomic E-state index is 14.9. The molecule has 0 spiro atoms. The zero-order chi connectivity index (χ0) is 23.8. The molecule has 0 bridgehead atoms. The van der Waals surface area contributed by atoms with E-state index in [1.807, 2.05) is 0 Å². The second-order valence-corrected chi connectivity index (χ2v) is 10.1. The molecular formula is C9H15FN3O15P3. The minimum Gasteiger partial charge on any atom is -0.385 e. The van der Waals surface area contributed by atoms with Crippen LogP contribution in [0.2, 0.25) is 0 Å². The summed E-state index contributed by atoms with van der Waals surface area (Å²) in [4.78, 5) is 50.4. The zero-order valence-electron chi connectivity index (χ0n) is 14.6. The lowest BCUT2D eigenvalue weighted by molar-refractivity contribution is -0.204. The van der Waals surface area contributed by atoms with Gasteiger partial charge in [-0.1, -0.05) is 0 Å². The van der Waals surface area contributed by atoms with E-state index in [2.05, 4.69) is 18.1 Å². The van der Waals surface area contributed by atoms with Crippen molar-refractivity contribution in [1.82, 2.24) is 9.55 Å². The van der Waals surface area contributed by atoms with Gasteiger partial charge in [-0.15, -0.1) is 0 Å². The van der Waals surface area contributed by atoms with Crippen molar-refractivity contribution in [1.29, 1.82) is 0 Å². The smallest absolute Gasteiger partial charge is 0.385 e. The van der Waals surface area contributed by atoms with Crippen LogP contribution in [0.5, 0.6) is 0 Å². The third-order valence-corrected chi connectivity index (χ3v) is 7.22. The summed E-state index contributed by atoms with van der Waals surface area (Å²) in [5.74, 6) is -3.82. The van der Waals surface area contributed by atoms with Gasteiger partial charge in [-0.2, -0.15) is 13.6 Å². The topological polar surface area (TPSA) is 277 Å². The molecule has 2 heterocycles. The highest BCUT2D eigenvalue weighted by atomic mass is 31.3. The number of hydrogen-bond donors (Lipinski definition) is 8. The minimum absolute atomic E-state index is 0.326.